The van der Waals surface area contributed by atoms with E-state index >= 15 is 0 Å². The maximum Gasteiger partial charge on any atom is 0.328 e. The van der Waals surface area contributed by atoms with Gasteiger partial charge in [-0.2, -0.15) is 4.31 Å². The third-order valence-corrected chi connectivity index (χ3v) is 5.99. The molecule has 2 rings (SSSR count). The second kappa shape index (κ2) is 8.79. The molecule has 148 valence electrons. The van der Waals surface area contributed by atoms with Gasteiger partial charge in [-0.25, -0.2) is 23.8 Å². The third kappa shape index (κ3) is 4.93. The summed E-state index contributed by atoms with van der Waals surface area (Å²) in [4.78, 5) is 35.0. The van der Waals surface area contributed by atoms with Gasteiger partial charge < -0.3 is 15.7 Å². The van der Waals surface area contributed by atoms with Gasteiger partial charge in [-0.1, -0.05) is 18.2 Å². The number of nitrogens with one attached hydrogen (secondary N) is 3. The Morgan fingerprint density at radius 3 is 2.52 bits per heavy atom. The lowest BCUT2D eigenvalue weighted by Crippen LogP contribution is -2.55. The van der Waals surface area contributed by atoms with Crippen LogP contribution in [0, 0.1) is 0 Å². The second-order valence-corrected chi connectivity index (χ2v) is 7.73. The number of carboxylic acid groups (broad SMARTS) is 1. The van der Waals surface area contributed by atoms with E-state index in [0.29, 0.717) is 6.42 Å². The van der Waals surface area contributed by atoms with Crippen LogP contribution in [-0.4, -0.2) is 60.9 Å². The fourth-order valence-corrected chi connectivity index (χ4v) is 4.41. The van der Waals surface area contributed by atoms with Crippen LogP contribution in [0.4, 0.5) is 4.79 Å². The van der Waals surface area contributed by atoms with Crippen molar-refractivity contribution in [2.75, 3.05) is 13.1 Å². The van der Waals surface area contributed by atoms with Gasteiger partial charge in [0.15, 0.2) is 0 Å². The van der Waals surface area contributed by atoms with Crippen LogP contribution in [0.3, 0.4) is 0 Å². The number of aliphatic carboxylic acids is 1. The Kier molecular flexibility index (Phi) is 6.71. The molecule has 6 N–H and O–H groups in total. The Balaban J connectivity index is 2.12. The van der Waals surface area contributed by atoms with Crippen molar-refractivity contribution in [3.8, 4) is 0 Å². The highest BCUT2D eigenvalue weighted by atomic mass is 32.2. The number of carboxylic acids is 1. The molecular weight excluding hydrogens is 378 g/mol. The highest BCUT2D eigenvalue weighted by Crippen LogP contribution is 2.26. The minimum Gasteiger partial charge on any atom is -0.480 e. The number of benzene rings is 1. The summed E-state index contributed by atoms with van der Waals surface area (Å²) in [6.45, 7) is -0.261. The lowest BCUT2D eigenvalue weighted by atomic mass is 10.2. The summed E-state index contributed by atoms with van der Waals surface area (Å²) in [6.07, 6.45) is 0.733. The summed E-state index contributed by atoms with van der Waals surface area (Å²) in [5, 5.41) is 13.6. The van der Waals surface area contributed by atoms with E-state index in [1.807, 2.05) is 0 Å². The molecule has 1 fully saturated rings. The van der Waals surface area contributed by atoms with Gasteiger partial charge in [-0.05, 0) is 25.0 Å². The smallest absolute Gasteiger partial charge is 0.328 e. The molecule has 0 saturated carbocycles. The van der Waals surface area contributed by atoms with Crippen molar-refractivity contribution in [2.45, 2.75) is 29.8 Å². The molecule has 0 spiro atoms. The standard InChI is InChI=1S/C15H21N5O6S/c16-19-15(24)17-9-11(14(22)23)18-13(21)12-7-4-8-20(12)27(25,26)10-5-2-1-3-6-10/h1-3,5-6,11-12H,4,7-9,16H2,(H,18,21)(H,22,23)(H2,17,19,24)/t11?,12-/m0/s1. The summed E-state index contributed by atoms with van der Waals surface area (Å²) >= 11 is 0. The fourth-order valence-electron chi connectivity index (χ4n) is 2.73. The number of hydrogen-bond acceptors (Lipinski definition) is 6. The number of carbonyl (C=O) groups excluding carboxylic acids is 2. The minimum atomic E-state index is -3.89. The molecule has 1 aromatic carbocycles. The van der Waals surface area contributed by atoms with Gasteiger partial charge in [0.25, 0.3) is 0 Å². The summed E-state index contributed by atoms with van der Waals surface area (Å²) in [5.74, 6) is 2.77. The number of urea groups is 1. The molecule has 1 saturated heterocycles. The average molecular weight is 399 g/mol. The van der Waals surface area contributed by atoms with E-state index in [2.05, 4.69) is 10.6 Å². The highest BCUT2D eigenvalue weighted by Gasteiger charge is 2.40. The number of carbonyl (C=O) groups is 3. The molecule has 2 atom stereocenters. The first-order valence-corrected chi connectivity index (χ1v) is 9.56. The molecule has 11 nitrogen and oxygen atoms in total. The van der Waals surface area contributed by atoms with Crippen LogP contribution in [0.25, 0.3) is 0 Å². The van der Waals surface area contributed by atoms with Crippen LogP contribution < -0.4 is 21.9 Å². The molecule has 0 aromatic heterocycles. The van der Waals surface area contributed by atoms with Crippen LogP contribution in [0.5, 0.6) is 0 Å². The van der Waals surface area contributed by atoms with E-state index in [4.69, 9.17) is 5.84 Å². The van der Waals surface area contributed by atoms with E-state index in [1.165, 1.54) is 12.1 Å². The van der Waals surface area contributed by atoms with E-state index in [-0.39, 0.29) is 17.9 Å². The van der Waals surface area contributed by atoms with Gasteiger partial charge in [-0.3, -0.25) is 10.2 Å². The van der Waals surface area contributed by atoms with E-state index in [0.717, 1.165) is 4.31 Å². The number of nitrogens with zero attached hydrogens (tertiary/aromatic N) is 1. The Hall–Kier alpha value is -2.70. The number of rotatable bonds is 7. The topological polar surface area (TPSA) is 171 Å². The van der Waals surface area contributed by atoms with E-state index < -0.39 is 46.6 Å². The Morgan fingerprint density at radius 1 is 1.26 bits per heavy atom. The first-order valence-electron chi connectivity index (χ1n) is 8.12. The lowest BCUT2D eigenvalue weighted by molar-refractivity contribution is -0.142. The molecule has 1 heterocycles. The first-order chi connectivity index (χ1) is 12.8. The summed E-state index contributed by atoms with van der Waals surface area (Å²) in [5.41, 5.74) is 1.77. The van der Waals surface area contributed by atoms with Crippen LogP contribution in [-0.2, 0) is 19.6 Å². The summed E-state index contributed by atoms with van der Waals surface area (Å²) < 4.78 is 26.6. The van der Waals surface area contributed by atoms with Crippen LogP contribution in [0.15, 0.2) is 35.2 Å². The molecule has 3 amide bonds. The lowest BCUT2D eigenvalue weighted by Gasteiger charge is -2.25. The summed E-state index contributed by atoms with van der Waals surface area (Å²) in [7, 11) is -3.89. The molecule has 27 heavy (non-hydrogen) atoms. The average Bonchev–Trinajstić information content (AvgIpc) is 3.16. The van der Waals surface area contributed by atoms with Crippen molar-refractivity contribution >= 4 is 27.9 Å². The maximum absolute atomic E-state index is 12.8. The van der Waals surface area contributed by atoms with Crippen LogP contribution in [0.2, 0.25) is 0 Å². The number of amides is 3. The molecule has 0 bridgehead atoms. The van der Waals surface area contributed by atoms with Gasteiger partial charge in [0.1, 0.15) is 12.1 Å². The Morgan fingerprint density at radius 2 is 1.93 bits per heavy atom. The zero-order valence-electron chi connectivity index (χ0n) is 14.3. The molecule has 1 aliphatic heterocycles. The maximum atomic E-state index is 12.8. The van der Waals surface area contributed by atoms with Crippen molar-refractivity contribution in [1.29, 1.82) is 0 Å². The SMILES string of the molecule is NNC(=O)NCC(NC(=O)[C@@H]1CCCN1S(=O)(=O)c1ccccc1)C(=O)O. The molecule has 1 aromatic rings. The number of sulfonamides is 1. The molecule has 0 radical (unpaired) electrons. The third-order valence-electron chi connectivity index (χ3n) is 4.07. The molecular formula is C15H21N5O6S. The molecule has 0 aliphatic carbocycles. The van der Waals surface area contributed by atoms with Crippen molar-refractivity contribution in [3.05, 3.63) is 30.3 Å². The van der Waals surface area contributed by atoms with Crippen molar-refractivity contribution in [3.63, 3.8) is 0 Å². The van der Waals surface area contributed by atoms with Gasteiger partial charge in [0.05, 0.1) is 11.4 Å². The normalized spacial score (nSPS) is 18.5. The number of nitrogens with two attached hydrogens (primary N) is 1. The van der Waals surface area contributed by atoms with Gasteiger partial charge in [0.2, 0.25) is 15.9 Å². The molecule has 12 heteroatoms. The fraction of sp³-hybridized carbons (Fsp3) is 0.400. The first kappa shape index (κ1) is 20.6. The zero-order valence-corrected chi connectivity index (χ0v) is 15.1. The predicted octanol–water partition coefficient (Wildman–Crippen LogP) is -1.42. The van der Waals surface area contributed by atoms with Crippen molar-refractivity contribution < 1.29 is 27.9 Å². The summed E-state index contributed by atoms with van der Waals surface area (Å²) in [6, 6.07) is 4.41. The Labute approximate surface area is 155 Å². The van der Waals surface area contributed by atoms with Crippen molar-refractivity contribution in [2.24, 2.45) is 5.84 Å². The van der Waals surface area contributed by atoms with E-state index in [9.17, 15) is 27.9 Å². The van der Waals surface area contributed by atoms with Gasteiger partial charge in [0, 0.05) is 6.54 Å². The van der Waals surface area contributed by atoms with Crippen LogP contribution >= 0.6 is 0 Å². The van der Waals surface area contributed by atoms with Crippen LogP contribution in [0.1, 0.15) is 12.8 Å². The quantitative estimate of drug-likeness (QED) is 0.213. The predicted molar refractivity (Wildman–Crippen MR) is 93.6 cm³/mol. The van der Waals surface area contributed by atoms with Crippen molar-refractivity contribution in [1.82, 2.24) is 20.4 Å². The second-order valence-electron chi connectivity index (χ2n) is 5.84. The monoisotopic (exact) mass is 399 g/mol. The van der Waals surface area contributed by atoms with E-state index in [1.54, 1.807) is 23.6 Å². The van der Waals surface area contributed by atoms with Gasteiger partial charge in [-0.15, -0.1) is 0 Å². The minimum absolute atomic E-state index is 0.0563. The van der Waals surface area contributed by atoms with Gasteiger partial charge >= 0.3 is 12.0 Å². The molecule has 1 unspecified atom stereocenters. The Bertz CT molecular complexity index is 800. The zero-order chi connectivity index (χ0) is 20.0. The number of hydrogen-bond donors (Lipinski definition) is 5. The number of hydrazine groups is 1. The largest absolute Gasteiger partial charge is 0.480 e. The highest BCUT2D eigenvalue weighted by molar-refractivity contribution is 7.89. The molecule has 1 aliphatic rings.